The summed E-state index contributed by atoms with van der Waals surface area (Å²) in [5.74, 6) is 0.250. The van der Waals surface area contributed by atoms with Crippen molar-refractivity contribution >= 4 is 15.9 Å². The Hall–Kier alpha value is -2.84. The summed E-state index contributed by atoms with van der Waals surface area (Å²) in [7, 11) is -1.10. The first kappa shape index (κ1) is 21.5. The fourth-order valence-corrected chi connectivity index (χ4v) is 3.78. The summed E-state index contributed by atoms with van der Waals surface area (Å²) in [6.07, 6.45) is 1.73. The molecule has 0 heterocycles. The third-order valence-electron chi connectivity index (χ3n) is 3.98. The molecule has 0 bridgehead atoms. The lowest BCUT2D eigenvalue weighted by Gasteiger charge is -2.19. The number of hydrogen-bond acceptors (Lipinski definition) is 5. The maximum atomic E-state index is 12.9. The highest BCUT2D eigenvalue weighted by molar-refractivity contribution is 7.89. The first-order chi connectivity index (χ1) is 13.4. The highest BCUT2D eigenvalue weighted by atomic mass is 32.2. The fraction of sp³-hybridized carbons (Fsp3) is 0.250. The van der Waals surface area contributed by atoms with Gasteiger partial charge in [-0.05, 0) is 24.1 Å². The number of hydrogen-bond donors (Lipinski definition) is 2. The van der Waals surface area contributed by atoms with Crippen molar-refractivity contribution < 1.29 is 22.7 Å². The Morgan fingerprint density at radius 1 is 1.11 bits per heavy atom. The molecule has 150 valence electrons. The molecule has 2 aromatic rings. The van der Waals surface area contributed by atoms with Crippen LogP contribution in [0.3, 0.4) is 0 Å². The van der Waals surface area contributed by atoms with Crippen molar-refractivity contribution in [1.82, 2.24) is 10.0 Å². The van der Waals surface area contributed by atoms with Crippen LogP contribution in [0.5, 0.6) is 11.5 Å². The third-order valence-corrected chi connectivity index (χ3v) is 5.45. The zero-order chi connectivity index (χ0) is 20.6. The zero-order valence-electron chi connectivity index (χ0n) is 15.8. The van der Waals surface area contributed by atoms with Gasteiger partial charge < -0.3 is 14.8 Å². The molecule has 2 N–H and O–H groups in total. The smallest absolute Gasteiger partial charge is 0.241 e. The van der Waals surface area contributed by atoms with E-state index < -0.39 is 22.0 Å². The SMILES string of the molecule is C=CCNC(=O)[C@H](Cc1ccccc1)NS(=O)(=O)c1ccc(OC)c(OC)c1. The molecule has 28 heavy (non-hydrogen) atoms. The van der Waals surface area contributed by atoms with E-state index in [1.54, 1.807) is 0 Å². The molecule has 0 aromatic heterocycles. The molecule has 0 saturated heterocycles. The van der Waals surface area contributed by atoms with E-state index in [-0.39, 0.29) is 23.6 Å². The third kappa shape index (κ3) is 5.58. The van der Waals surface area contributed by atoms with E-state index in [9.17, 15) is 13.2 Å². The standard InChI is InChI=1S/C20H24N2O5S/c1-4-12-21-20(23)17(13-15-8-6-5-7-9-15)22-28(24,25)16-10-11-18(26-2)19(14-16)27-3/h4-11,14,17,22H,1,12-13H2,2-3H3,(H,21,23)/t17-/m0/s1. The first-order valence-corrected chi connectivity index (χ1v) is 10.1. The van der Waals surface area contributed by atoms with Gasteiger partial charge in [-0.25, -0.2) is 8.42 Å². The van der Waals surface area contributed by atoms with Crippen LogP contribution in [-0.2, 0) is 21.2 Å². The van der Waals surface area contributed by atoms with Crippen molar-refractivity contribution in [2.45, 2.75) is 17.4 Å². The van der Waals surface area contributed by atoms with Gasteiger partial charge in [0.05, 0.1) is 19.1 Å². The number of nitrogens with one attached hydrogen (secondary N) is 2. The molecule has 0 spiro atoms. The predicted octanol–water partition coefficient (Wildman–Crippen LogP) is 1.90. The van der Waals surface area contributed by atoms with E-state index in [1.165, 1.54) is 38.5 Å². The van der Waals surface area contributed by atoms with Crippen molar-refractivity contribution in [2.24, 2.45) is 0 Å². The van der Waals surface area contributed by atoms with E-state index in [2.05, 4.69) is 16.6 Å². The Morgan fingerprint density at radius 3 is 2.39 bits per heavy atom. The van der Waals surface area contributed by atoms with Crippen LogP contribution < -0.4 is 19.5 Å². The summed E-state index contributed by atoms with van der Waals surface area (Å²) >= 11 is 0. The van der Waals surface area contributed by atoms with Gasteiger partial charge in [0.15, 0.2) is 11.5 Å². The minimum atomic E-state index is -3.98. The summed E-state index contributed by atoms with van der Waals surface area (Å²) in [5.41, 5.74) is 0.830. The van der Waals surface area contributed by atoms with Gasteiger partial charge in [-0.1, -0.05) is 36.4 Å². The molecule has 0 unspecified atom stereocenters. The van der Waals surface area contributed by atoms with Crippen LogP contribution in [0.25, 0.3) is 0 Å². The van der Waals surface area contributed by atoms with E-state index >= 15 is 0 Å². The summed E-state index contributed by atoms with van der Waals surface area (Å²) in [5, 5.41) is 2.64. The Kier molecular flexibility index (Phi) is 7.60. The molecule has 0 aliphatic rings. The van der Waals surface area contributed by atoms with Crippen LogP contribution in [-0.4, -0.2) is 41.1 Å². The molecule has 1 atom stereocenters. The molecule has 2 rings (SSSR count). The van der Waals surface area contributed by atoms with Crippen LogP contribution in [0.15, 0.2) is 66.1 Å². The van der Waals surface area contributed by atoms with Gasteiger partial charge in [0, 0.05) is 12.6 Å². The molecule has 8 heteroatoms. The van der Waals surface area contributed by atoms with E-state index in [4.69, 9.17) is 9.47 Å². The van der Waals surface area contributed by atoms with Crippen molar-refractivity contribution in [3.8, 4) is 11.5 Å². The van der Waals surface area contributed by atoms with Crippen LogP contribution in [0.4, 0.5) is 0 Å². The lowest BCUT2D eigenvalue weighted by atomic mass is 10.1. The van der Waals surface area contributed by atoms with Crippen LogP contribution >= 0.6 is 0 Å². The fourth-order valence-electron chi connectivity index (χ4n) is 2.57. The Balaban J connectivity index is 2.30. The maximum absolute atomic E-state index is 12.9. The molecule has 1 amide bonds. The van der Waals surface area contributed by atoms with E-state index in [0.29, 0.717) is 5.75 Å². The van der Waals surface area contributed by atoms with E-state index in [0.717, 1.165) is 5.56 Å². The van der Waals surface area contributed by atoms with Crippen LogP contribution in [0.2, 0.25) is 0 Å². The molecule has 0 fully saturated rings. The number of amides is 1. The highest BCUT2D eigenvalue weighted by Gasteiger charge is 2.26. The van der Waals surface area contributed by atoms with Gasteiger partial charge in [0.25, 0.3) is 0 Å². The summed E-state index contributed by atoms with van der Waals surface area (Å²) in [6, 6.07) is 12.4. The lowest BCUT2D eigenvalue weighted by molar-refractivity contribution is -0.122. The summed E-state index contributed by atoms with van der Waals surface area (Å²) in [4.78, 5) is 12.5. The molecular weight excluding hydrogens is 380 g/mol. The number of ether oxygens (including phenoxy) is 2. The largest absolute Gasteiger partial charge is 0.493 e. The van der Waals surface area contributed by atoms with Gasteiger partial charge in [-0.3, -0.25) is 4.79 Å². The second-order valence-corrected chi connectivity index (χ2v) is 7.63. The minimum absolute atomic E-state index is 0.0280. The van der Waals surface area contributed by atoms with Gasteiger partial charge in [-0.15, -0.1) is 6.58 Å². The number of carbonyl (C=O) groups excluding carboxylic acids is 1. The second kappa shape index (κ2) is 9.91. The van der Waals surface area contributed by atoms with Gasteiger partial charge in [0.2, 0.25) is 15.9 Å². The molecule has 0 aliphatic carbocycles. The average molecular weight is 404 g/mol. The number of sulfonamides is 1. The Bertz CT molecular complexity index is 913. The van der Waals surface area contributed by atoms with Crippen molar-refractivity contribution in [1.29, 1.82) is 0 Å². The summed E-state index contributed by atoms with van der Waals surface area (Å²) < 4.78 is 38.5. The molecule has 2 aromatic carbocycles. The van der Waals surface area contributed by atoms with E-state index in [1.807, 2.05) is 30.3 Å². The normalized spacial score (nSPS) is 12.1. The van der Waals surface area contributed by atoms with Crippen LogP contribution in [0, 0.1) is 0 Å². The monoisotopic (exact) mass is 404 g/mol. The quantitative estimate of drug-likeness (QED) is 0.590. The van der Waals surface area contributed by atoms with Gasteiger partial charge in [0.1, 0.15) is 6.04 Å². The number of methoxy groups -OCH3 is 2. The van der Waals surface area contributed by atoms with Crippen molar-refractivity contribution in [3.05, 3.63) is 66.7 Å². The van der Waals surface area contributed by atoms with Gasteiger partial charge >= 0.3 is 0 Å². The molecule has 0 saturated carbocycles. The maximum Gasteiger partial charge on any atom is 0.241 e. The molecular formula is C20H24N2O5S. The Labute approximate surface area is 165 Å². The van der Waals surface area contributed by atoms with Crippen molar-refractivity contribution in [2.75, 3.05) is 20.8 Å². The zero-order valence-corrected chi connectivity index (χ0v) is 16.7. The first-order valence-electron chi connectivity index (χ1n) is 8.58. The van der Waals surface area contributed by atoms with Crippen LogP contribution in [0.1, 0.15) is 5.56 Å². The Morgan fingerprint density at radius 2 is 1.79 bits per heavy atom. The topological polar surface area (TPSA) is 93.7 Å². The molecule has 0 aliphatic heterocycles. The molecule has 0 radical (unpaired) electrons. The minimum Gasteiger partial charge on any atom is -0.493 e. The van der Waals surface area contributed by atoms with Gasteiger partial charge in [-0.2, -0.15) is 4.72 Å². The predicted molar refractivity (Wildman–Crippen MR) is 107 cm³/mol. The summed E-state index contributed by atoms with van der Waals surface area (Å²) in [6.45, 7) is 3.79. The van der Waals surface area contributed by atoms with Crippen molar-refractivity contribution in [3.63, 3.8) is 0 Å². The molecule has 7 nitrogen and oxygen atoms in total. The number of carbonyl (C=O) groups is 1. The second-order valence-electron chi connectivity index (χ2n) is 5.91. The number of rotatable bonds is 10. The highest BCUT2D eigenvalue weighted by Crippen LogP contribution is 2.29. The number of benzene rings is 2. The lowest BCUT2D eigenvalue weighted by Crippen LogP contribution is -2.48. The average Bonchev–Trinajstić information content (AvgIpc) is 2.71.